The molecule has 284 valence electrons. The number of nitrogens with zero attached hydrogens (tertiary/aromatic N) is 4. The molecular weight excluding hydrogens is 698 g/mol. The number of aliphatic imine (C=N–C) groups is 1. The predicted molar refractivity (Wildman–Crippen MR) is 194 cm³/mol. The Morgan fingerprint density at radius 2 is 1.15 bits per heavy atom. The fourth-order valence-corrected chi connectivity index (χ4v) is 5.86. The van der Waals surface area contributed by atoms with Gasteiger partial charge in [0.2, 0.25) is 11.9 Å². The zero-order chi connectivity index (χ0) is 38.3. The number of piperazine rings is 1. The average Bonchev–Trinajstić information content (AvgIpc) is 3.20. The van der Waals surface area contributed by atoms with E-state index in [2.05, 4.69) is 20.9 Å². The third kappa shape index (κ3) is 10.8. The highest BCUT2D eigenvalue weighted by atomic mass is 16.6. The van der Waals surface area contributed by atoms with Crippen LogP contribution in [0.3, 0.4) is 0 Å². The Morgan fingerprint density at radius 1 is 0.685 bits per heavy atom. The number of carbonyl (C=O) groups is 6. The van der Waals surface area contributed by atoms with E-state index < -0.39 is 42.1 Å². The molecule has 2 atom stereocenters. The zero-order valence-corrected chi connectivity index (χ0v) is 29.8. The summed E-state index contributed by atoms with van der Waals surface area (Å²) < 4.78 is 16.1. The van der Waals surface area contributed by atoms with Crippen LogP contribution in [0.1, 0.15) is 29.5 Å². The molecular formula is C38H43N7O9. The lowest BCUT2D eigenvalue weighted by atomic mass is 9.83. The van der Waals surface area contributed by atoms with E-state index in [1.165, 1.54) is 11.9 Å². The highest BCUT2D eigenvalue weighted by Crippen LogP contribution is 2.33. The lowest BCUT2D eigenvalue weighted by Gasteiger charge is -2.46. The van der Waals surface area contributed by atoms with Gasteiger partial charge in [-0.25, -0.2) is 28.9 Å². The van der Waals surface area contributed by atoms with E-state index >= 15 is 0 Å². The van der Waals surface area contributed by atoms with Crippen molar-refractivity contribution >= 4 is 42.1 Å². The Bertz CT molecular complexity index is 1730. The van der Waals surface area contributed by atoms with Gasteiger partial charge in [0, 0.05) is 39.8 Å². The molecule has 3 N–H and O–H groups in total. The molecule has 1 unspecified atom stereocenters. The SMILES string of the molecule is CNC(=O)N1CCN(C(=O)N2C(=O)[C@H](CCCN=C(NC(=O)OCc3ccccc3)NC(=O)OCc3ccccc3)C2C(=O)OCc2ccccc2)CC1. The molecule has 2 aliphatic rings. The Hall–Kier alpha value is -6.45. The van der Waals surface area contributed by atoms with Crippen molar-refractivity contribution in [2.24, 2.45) is 10.9 Å². The maximum absolute atomic E-state index is 13.6. The van der Waals surface area contributed by atoms with Crippen LogP contribution in [0.15, 0.2) is 96.0 Å². The van der Waals surface area contributed by atoms with Gasteiger partial charge in [-0.1, -0.05) is 91.0 Å². The van der Waals surface area contributed by atoms with Gasteiger partial charge in [-0.2, -0.15) is 0 Å². The molecule has 2 aliphatic heterocycles. The largest absolute Gasteiger partial charge is 0.459 e. The Balaban J connectivity index is 1.22. The van der Waals surface area contributed by atoms with Crippen LogP contribution in [-0.4, -0.2) is 103 Å². The van der Waals surface area contributed by atoms with Crippen LogP contribution in [0, 0.1) is 5.92 Å². The number of rotatable bonds is 11. The third-order valence-corrected chi connectivity index (χ3v) is 8.75. The summed E-state index contributed by atoms with van der Waals surface area (Å²) in [6, 6.07) is 25.0. The summed E-state index contributed by atoms with van der Waals surface area (Å²) in [4.78, 5) is 86.0. The summed E-state index contributed by atoms with van der Waals surface area (Å²) in [5.41, 5.74) is 2.24. The summed E-state index contributed by atoms with van der Waals surface area (Å²) in [6.45, 7) is 0.820. The third-order valence-electron chi connectivity index (χ3n) is 8.75. The molecule has 0 radical (unpaired) electrons. The van der Waals surface area contributed by atoms with Crippen molar-refractivity contribution < 1.29 is 43.0 Å². The maximum atomic E-state index is 13.6. The minimum absolute atomic E-state index is 0.0121. The molecule has 7 amide bonds. The van der Waals surface area contributed by atoms with Crippen LogP contribution in [0.2, 0.25) is 0 Å². The number of alkyl carbamates (subject to hydrolysis) is 2. The minimum atomic E-state index is -1.17. The number of likely N-dealkylation sites (tertiary alicyclic amines) is 1. The van der Waals surface area contributed by atoms with Crippen molar-refractivity contribution in [3.63, 3.8) is 0 Å². The summed E-state index contributed by atoms with van der Waals surface area (Å²) in [5, 5.41) is 7.40. The molecule has 5 rings (SSSR count). The molecule has 16 heteroatoms. The maximum Gasteiger partial charge on any atom is 0.414 e. The molecule has 2 saturated heterocycles. The van der Waals surface area contributed by atoms with E-state index in [0.29, 0.717) is 0 Å². The van der Waals surface area contributed by atoms with Crippen molar-refractivity contribution in [3.05, 3.63) is 108 Å². The van der Waals surface area contributed by atoms with Gasteiger partial charge in [-0.3, -0.25) is 20.4 Å². The molecule has 2 heterocycles. The topological polar surface area (TPSA) is 188 Å². The molecule has 0 bridgehead atoms. The van der Waals surface area contributed by atoms with Gasteiger partial charge in [0.05, 0.1) is 5.92 Å². The van der Waals surface area contributed by atoms with E-state index in [1.807, 2.05) is 18.2 Å². The molecule has 54 heavy (non-hydrogen) atoms. The second-order valence-electron chi connectivity index (χ2n) is 12.4. The smallest absolute Gasteiger partial charge is 0.414 e. The van der Waals surface area contributed by atoms with Gasteiger partial charge in [0.25, 0.3) is 0 Å². The average molecular weight is 742 g/mol. The first-order valence-electron chi connectivity index (χ1n) is 17.5. The standard InChI is InChI=1S/C38H43N7O9/c1-39-35(48)43-20-22-44(23-21-43)38(51)45-31(33(47)52-24-27-12-5-2-6-13-27)30(32(45)46)18-11-19-40-34(41-36(49)53-25-28-14-7-3-8-15-28)42-37(50)54-26-29-16-9-4-10-17-29/h2-10,12-17,30-31H,11,18-26H2,1H3,(H,39,48)(H2,40,41,42,49,50)/t30-,31?/m1/s1. The second kappa shape index (κ2) is 19.4. The van der Waals surface area contributed by atoms with E-state index in [9.17, 15) is 28.8 Å². The van der Waals surface area contributed by atoms with E-state index in [4.69, 9.17) is 14.2 Å². The Labute approximate surface area is 312 Å². The van der Waals surface area contributed by atoms with Crippen molar-refractivity contribution in [3.8, 4) is 0 Å². The summed E-state index contributed by atoms with van der Waals surface area (Å²) >= 11 is 0. The predicted octanol–water partition coefficient (Wildman–Crippen LogP) is 3.62. The van der Waals surface area contributed by atoms with Gasteiger partial charge in [0.15, 0.2) is 6.04 Å². The van der Waals surface area contributed by atoms with Crippen LogP contribution < -0.4 is 16.0 Å². The fourth-order valence-electron chi connectivity index (χ4n) is 5.86. The molecule has 0 spiro atoms. The first kappa shape index (κ1) is 38.8. The molecule has 0 saturated carbocycles. The number of ether oxygens (including phenoxy) is 3. The first-order valence-corrected chi connectivity index (χ1v) is 17.5. The van der Waals surface area contributed by atoms with E-state index in [-0.39, 0.29) is 77.4 Å². The van der Waals surface area contributed by atoms with Gasteiger partial charge in [0.1, 0.15) is 19.8 Å². The molecule has 0 aliphatic carbocycles. The minimum Gasteiger partial charge on any atom is -0.459 e. The molecule has 3 aromatic rings. The van der Waals surface area contributed by atoms with Gasteiger partial charge < -0.3 is 29.3 Å². The van der Waals surface area contributed by atoms with E-state index in [0.717, 1.165) is 21.6 Å². The van der Waals surface area contributed by atoms with Gasteiger partial charge >= 0.3 is 30.2 Å². The summed E-state index contributed by atoms with van der Waals surface area (Å²) in [5.74, 6) is -2.38. The number of β-lactam (4-membered cyclic amide) rings is 1. The van der Waals surface area contributed by atoms with Crippen molar-refractivity contribution in [1.29, 1.82) is 0 Å². The summed E-state index contributed by atoms with van der Waals surface area (Å²) in [6.07, 6.45) is -1.37. The summed E-state index contributed by atoms with van der Waals surface area (Å²) in [7, 11) is 1.52. The Morgan fingerprint density at radius 3 is 1.63 bits per heavy atom. The van der Waals surface area contributed by atoms with Crippen molar-refractivity contribution in [2.45, 2.75) is 38.7 Å². The number of esters is 1. The number of carbonyl (C=O) groups excluding carboxylic acids is 6. The number of imide groups is 1. The number of hydrogen-bond donors (Lipinski definition) is 3. The van der Waals surface area contributed by atoms with E-state index in [1.54, 1.807) is 77.7 Å². The normalized spacial score (nSPS) is 16.3. The van der Waals surface area contributed by atoms with Crippen LogP contribution in [-0.2, 0) is 43.6 Å². The number of hydrogen-bond acceptors (Lipinski definition) is 10. The molecule has 16 nitrogen and oxygen atoms in total. The van der Waals surface area contributed by atoms with Gasteiger partial charge in [-0.05, 0) is 29.5 Å². The quantitative estimate of drug-likeness (QED) is 0.0659. The van der Waals surface area contributed by atoms with Crippen molar-refractivity contribution in [1.82, 2.24) is 30.7 Å². The highest BCUT2D eigenvalue weighted by Gasteiger charge is 2.56. The number of amides is 7. The monoisotopic (exact) mass is 741 g/mol. The number of benzene rings is 3. The fraction of sp³-hybridized carbons (Fsp3) is 0.342. The molecule has 0 aromatic heterocycles. The van der Waals surface area contributed by atoms with Crippen LogP contribution in [0.4, 0.5) is 19.2 Å². The van der Waals surface area contributed by atoms with Gasteiger partial charge in [-0.15, -0.1) is 0 Å². The highest BCUT2D eigenvalue weighted by molar-refractivity contribution is 6.08. The molecule has 3 aromatic carbocycles. The van der Waals surface area contributed by atoms with Crippen molar-refractivity contribution in [2.75, 3.05) is 39.8 Å². The number of nitrogens with one attached hydrogen (secondary N) is 3. The van der Waals surface area contributed by atoms with Crippen LogP contribution in [0.5, 0.6) is 0 Å². The molecule has 2 fully saturated rings. The number of urea groups is 2. The lowest BCUT2D eigenvalue weighted by molar-refractivity contribution is -0.171. The van der Waals surface area contributed by atoms with Crippen LogP contribution in [0.25, 0.3) is 0 Å². The first-order chi connectivity index (χ1) is 26.2. The lowest BCUT2D eigenvalue weighted by Crippen LogP contribution is -2.69. The Kier molecular flexibility index (Phi) is 13.9. The number of guanidine groups is 1. The van der Waals surface area contributed by atoms with Crippen LogP contribution >= 0.6 is 0 Å². The zero-order valence-electron chi connectivity index (χ0n) is 29.8. The second-order valence-corrected chi connectivity index (χ2v) is 12.4.